The highest BCUT2D eigenvalue weighted by atomic mass is 16.5. The summed E-state index contributed by atoms with van der Waals surface area (Å²) >= 11 is 0. The number of nitrogens with one attached hydrogen (secondary N) is 1. The number of methoxy groups -OCH3 is 1. The zero-order valence-electron chi connectivity index (χ0n) is 15.0. The molecule has 0 bridgehead atoms. The summed E-state index contributed by atoms with van der Waals surface area (Å²) < 4.78 is 10.7. The van der Waals surface area contributed by atoms with Crippen molar-refractivity contribution in [1.29, 1.82) is 0 Å². The Morgan fingerprint density at radius 3 is 2.42 bits per heavy atom. The van der Waals surface area contributed by atoms with Gasteiger partial charge in [-0.1, -0.05) is 24.3 Å². The maximum atomic E-state index is 13.1. The van der Waals surface area contributed by atoms with Crippen LogP contribution in [-0.4, -0.2) is 39.3 Å². The molecule has 1 aliphatic heterocycles. The van der Waals surface area contributed by atoms with E-state index in [0.717, 1.165) is 61.8 Å². The molecular weight excluding hydrogens is 328 g/mol. The molecule has 1 amide bonds. The normalized spacial score (nSPS) is 18.3. The summed E-state index contributed by atoms with van der Waals surface area (Å²) in [6.07, 6.45) is 1.76. The van der Waals surface area contributed by atoms with Crippen LogP contribution >= 0.6 is 0 Å². The van der Waals surface area contributed by atoms with E-state index in [1.165, 1.54) is 0 Å². The van der Waals surface area contributed by atoms with Crippen molar-refractivity contribution in [2.75, 3.05) is 43.6 Å². The second-order valence-electron chi connectivity index (χ2n) is 6.88. The SMILES string of the molecule is COc1ccc(C2(C(=O)Nc3ccccc3N3CCOCC3)CC2)cc1. The van der Waals surface area contributed by atoms with Gasteiger partial charge >= 0.3 is 0 Å². The van der Waals surface area contributed by atoms with E-state index in [2.05, 4.69) is 16.3 Å². The van der Waals surface area contributed by atoms with Gasteiger partial charge in [0.15, 0.2) is 0 Å². The Balaban J connectivity index is 1.54. The Labute approximate surface area is 153 Å². The van der Waals surface area contributed by atoms with E-state index < -0.39 is 5.41 Å². The van der Waals surface area contributed by atoms with Crippen LogP contribution in [0.5, 0.6) is 5.75 Å². The number of ether oxygens (including phenoxy) is 2. The smallest absolute Gasteiger partial charge is 0.235 e. The molecule has 2 aromatic carbocycles. The van der Waals surface area contributed by atoms with Crippen molar-refractivity contribution in [3.63, 3.8) is 0 Å². The lowest BCUT2D eigenvalue weighted by atomic mass is 9.94. The second-order valence-corrected chi connectivity index (χ2v) is 6.88. The first kappa shape index (κ1) is 16.9. The lowest BCUT2D eigenvalue weighted by molar-refractivity contribution is -0.118. The topological polar surface area (TPSA) is 50.8 Å². The minimum absolute atomic E-state index is 0.0726. The molecule has 0 aromatic heterocycles. The first-order valence-electron chi connectivity index (χ1n) is 9.11. The molecule has 0 radical (unpaired) electrons. The third-order valence-electron chi connectivity index (χ3n) is 5.33. The lowest BCUT2D eigenvalue weighted by Crippen LogP contribution is -2.37. The molecule has 0 unspecified atom stereocenters. The number of carbonyl (C=O) groups excluding carboxylic acids is 1. The number of morpholine rings is 1. The standard InChI is InChI=1S/C21H24N2O3/c1-25-17-8-6-16(7-9-17)21(10-11-21)20(24)22-18-4-2-3-5-19(18)23-12-14-26-15-13-23/h2-9H,10-15H2,1H3,(H,22,24). The Hall–Kier alpha value is -2.53. The molecule has 1 saturated heterocycles. The van der Waals surface area contributed by atoms with Crippen LogP contribution in [0.25, 0.3) is 0 Å². The van der Waals surface area contributed by atoms with Crippen LogP contribution in [0.3, 0.4) is 0 Å². The minimum atomic E-state index is -0.412. The zero-order valence-corrected chi connectivity index (χ0v) is 15.0. The van der Waals surface area contributed by atoms with E-state index in [0.29, 0.717) is 0 Å². The number of anilines is 2. The third-order valence-corrected chi connectivity index (χ3v) is 5.33. The molecule has 1 aliphatic carbocycles. The lowest BCUT2D eigenvalue weighted by Gasteiger charge is -2.31. The van der Waals surface area contributed by atoms with Crippen LogP contribution in [0.1, 0.15) is 18.4 Å². The van der Waals surface area contributed by atoms with Gasteiger partial charge in [-0.25, -0.2) is 0 Å². The maximum absolute atomic E-state index is 13.1. The highest BCUT2D eigenvalue weighted by molar-refractivity contribution is 6.03. The van der Waals surface area contributed by atoms with Gasteiger partial charge in [0, 0.05) is 13.1 Å². The van der Waals surface area contributed by atoms with Crippen molar-refractivity contribution in [1.82, 2.24) is 0 Å². The molecule has 136 valence electrons. The van der Waals surface area contributed by atoms with Crippen molar-refractivity contribution < 1.29 is 14.3 Å². The molecule has 0 atom stereocenters. The van der Waals surface area contributed by atoms with E-state index in [1.54, 1.807) is 7.11 Å². The number of nitrogens with zero attached hydrogens (tertiary/aromatic N) is 1. The molecule has 26 heavy (non-hydrogen) atoms. The van der Waals surface area contributed by atoms with Crippen LogP contribution < -0.4 is 15.0 Å². The second kappa shape index (κ2) is 7.00. The number of para-hydroxylation sites is 2. The highest BCUT2D eigenvalue weighted by Crippen LogP contribution is 2.49. The van der Waals surface area contributed by atoms with E-state index in [4.69, 9.17) is 9.47 Å². The fourth-order valence-corrected chi connectivity index (χ4v) is 3.58. The molecule has 4 rings (SSSR count). The van der Waals surface area contributed by atoms with E-state index in [1.807, 2.05) is 42.5 Å². The van der Waals surface area contributed by atoms with Gasteiger partial charge in [-0.15, -0.1) is 0 Å². The zero-order chi connectivity index (χ0) is 18.0. The van der Waals surface area contributed by atoms with Crippen molar-refractivity contribution in [2.24, 2.45) is 0 Å². The van der Waals surface area contributed by atoms with Gasteiger partial charge in [0.25, 0.3) is 0 Å². The van der Waals surface area contributed by atoms with E-state index >= 15 is 0 Å². The molecule has 2 fully saturated rings. The van der Waals surface area contributed by atoms with Gasteiger partial charge in [0.1, 0.15) is 5.75 Å². The minimum Gasteiger partial charge on any atom is -0.497 e. The number of carbonyl (C=O) groups is 1. The van der Waals surface area contributed by atoms with Gasteiger partial charge in [-0.3, -0.25) is 4.79 Å². The predicted octanol–water partition coefficient (Wildman–Crippen LogP) is 3.20. The summed E-state index contributed by atoms with van der Waals surface area (Å²) in [5.41, 5.74) is 2.58. The molecule has 0 spiro atoms. The van der Waals surface area contributed by atoms with Crippen LogP contribution in [0.2, 0.25) is 0 Å². The first-order valence-corrected chi connectivity index (χ1v) is 9.11. The third kappa shape index (κ3) is 3.15. The van der Waals surface area contributed by atoms with Crippen molar-refractivity contribution in [3.05, 3.63) is 54.1 Å². The summed E-state index contributed by atoms with van der Waals surface area (Å²) in [5.74, 6) is 0.881. The molecule has 1 heterocycles. The average molecular weight is 352 g/mol. The number of hydrogen-bond donors (Lipinski definition) is 1. The fraction of sp³-hybridized carbons (Fsp3) is 0.381. The fourth-order valence-electron chi connectivity index (χ4n) is 3.58. The first-order chi connectivity index (χ1) is 12.7. The number of benzene rings is 2. The number of rotatable bonds is 5. The van der Waals surface area contributed by atoms with Crippen molar-refractivity contribution in [3.8, 4) is 5.75 Å². The Bertz CT molecular complexity index is 778. The molecule has 1 N–H and O–H groups in total. The quantitative estimate of drug-likeness (QED) is 0.898. The molecular formula is C21H24N2O3. The highest BCUT2D eigenvalue weighted by Gasteiger charge is 2.51. The van der Waals surface area contributed by atoms with Gasteiger partial charge in [0.05, 0.1) is 37.1 Å². The predicted molar refractivity (Wildman–Crippen MR) is 102 cm³/mol. The van der Waals surface area contributed by atoms with Gasteiger partial charge in [-0.2, -0.15) is 0 Å². The summed E-state index contributed by atoms with van der Waals surface area (Å²) in [6, 6.07) is 15.9. The van der Waals surface area contributed by atoms with Gasteiger partial charge in [-0.05, 0) is 42.7 Å². The van der Waals surface area contributed by atoms with Crippen LogP contribution in [0, 0.1) is 0 Å². The Morgan fingerprint density at radius 1 is 1.08 bits per heavy atom. The Kier molecular flexibility index (Phi) is 4.55. The van der Waals surface area contributed by atoms with E-state index in [9.17, 15) is 4.79 Å². The monoisotopic (exact) mass is 352 g/mol. The summed E-state index contributed by atoms with van der Waals surface area (Å²) in [6.45, 7) is 3.13. The van der Waals surface area contributed by atoms with Crippen molar-refractivity contribution in [2.45, 2.75) is 18.3 Å². The van der Waals surface area contributed by atoms with Crippen LogP contribution in [-0.2, 0) is 14.9 Å². The van der Waals surface area contributed by atoms with Crippen LogP contribution in [0.15, 0.2) is 48.5 Å². The summed E-state index contributed by atoms with van der Waals surface area (Å²) in [5, 5.41) is 3.19. The molecule has 2 aromatic rings. The molecule has 2 aliphatic rings. The van der Waals surface area contributed by atoms with Gasteiger partial charge in [0.2, 0.25) is 5.91 Å². The van der Waals surface area contributed by atoms with Crippen LogP contribution in [0.4, 0.5) is 11.4 Å². The summed E-state index contributed by atoms with van der Waals surface area (Å²) in [4.78, 5) is 15.4. The van der Waals surface area contributed by atoms with E-state index in [-0.39, 0.29) is 5.91 Å². The molecule has 5 heteroatoms. The number of amides is 1. The van der Waals surface area contributed by atoms with Crippen molar-refractivity contribution >= 4 is 17.3 Å². The average Bonchev–Trinajstić information content (AvgIpc) is 3.51. The largest absolute Gasteiger partial charge is 0.497 e. The molecule has 1 saturated carbocycles. The Morgan fingerprint density at radius 2 is 1.77 bits per heavy atom. The number of hydrogen-bond acceptors (Lipinski definition) is 4. The maximum Gasteiger partial charge on any atom is 0.235 e. The van der Waals surface area contributed by atoms with Gasteiger partial charge < -0.3 is 19.7 Å². The summed E-state index contributed by atoms with van der Waals surface area (Å²) in [7, 11) is 1.65. The molecule has 5 nitrogen and oxygen atoms in total.